The molecule has 9 aromatic carbocycles. The summed E-state index contributed by atoms with van der Waals surface area (Å²) in [4.78, 5) is 15.9. The Kier molecular flexibility index (Phi) is 7.78. The molecule has 0 spiro atoms. The monoisotopic (exact) mass is 766 g/mol. The molecule has 12 rings (SSSR count). The van der Waals surface area contributed by atoms with Crippen LogP contribution in [0, 0.1) is 0 Å². The van der Waals surface area contributed by atoms with Crippen LogP contribution in [0.15, 0.2) is 211 Å². The molecule has 280 valence electrons. The summed E-state index contributed by atoms with van der Waals surface area (Å²) < 4.78 is 8.79. The lowest BCUT2D eigenvalue weighted by molar-refractivity contribution is 0.670. The van der Waals surface area contributed by atoms with Crippen LogP contribution in [0.25, 0.3) is 117 Å². The van der Waals surface area contributed by atoms with Gasteiger partial charge in [0.2, 0.25) is 0 Å². The maximum atomic E-state index is 6.41. The van der Waals surface area contributed by atoms with Crippen LogP contribution < -0.4 is 0 Å². The van der Waals surface area contributed by atoms with Crippen molar-refractivity contribution in [2.75, 3.05) is 0 Å². The molecule has 60 heavy (non-hydrogen) atoms. The lowest BCUT2D eigenvalue weighted by atomic mass is 10.0. The second-order valence-corrected chi connectivity index (χ2v) is 15.1. The Hall–Kier alpha value is -8.15. The molecule has 5 nitrogen and oxygen atoms in total. The third-order valence-corrected chi connectivity index (χ3v) is 11.7. The number of hydrogen-bond acceptors (Lipinski definition) is 4. The summed E-state index contributed by atoms with van der Waals surface area (Å²) in [6, 6.07) is 72.1. The minimum atomic E-state index is 0.603. The minimum absolute atomic E-state index is 0.603. The van der Waals surface area contributed by atoms with E-state index < -0.39 is 0 Å². The van der Waals surface area contributed by atoms with Gasteiger partial charge in [0.1, 0.15) is 11.2 Å². The van der Waals surface area contributed by atoms with Crippen molar-refractivity contribution < 1.29 is 4.42 Å². The van der Waals surface area contributed by atoms with Crippen molar-refractivity contribution in [2.45, 2.75) is 0 Å². The van der Waals surface area contributed by atoms with E-state index >= 15 is 0 Å². The molecule has 3 aromatic heterocycles. The van der Waals surface area contributed by atoms with E-state index in [0.717, 1.165) is 99.1 Å². The molecule has 12 aromatic rings. The van der Waals surface area contributed by atoms with Crippen LogP contribution in [0.3, 0.4) is 0 Å². The molecule has 0 saturated heterocycles. The molecule has 0 saturated carbocycles. The molecule has 3 heterocycles. The van der Waals surface area contributed by atoms with E-state index in [1.807, 2.05) is 12.1 Å². The van der Waals surface area contributed by atoms with Gasteiger partial charge in [0.05, 0.1) is 16.7 Å². The molecule has 0 radical (unpaired) electrons. The molecule has 0 aliphatic carbocycles. The highest BCUT2D eigenvalue weighted by Gasteiger charge is 2.22. The van der Waals surface area contributed by atoms with Crippen LogP contribution >= 0.6 is 0 Å². The normalized spacial score (nSPS) is 11.7. The lowest BCUT2D eigenvalue weighted by Gasteiger charge is -2.14. The summed E-state index contributed by atoms with van der Waals surface area (Å²) in [5.41, 5.74) is 12.3. The van der Waals surface area contributed by atoms with Gasteiger partial charge in [-0.1, -0.05) is 182 Å². The van der Waals surface area contributed by atoms with E-state index in [2.05, 4.69) is 199 Å². The van der Waals surface area contributed by atoms with Gasteiger partial charge < -0.3 is 8.98 Å². The first-order valence-electron chi connectivity index (χ1n) is 20.2. The summed E-state index contributed by atoms with van der Waals surface area (Å²) in [6.45, 7) is 0. The SMILES string of the molecule is c1ccc(-c2ccccc2-n2c3ccccc3c3c(-c4nc(-c5ccc(-c6cccc7c6oc6ccccc67)cc5)nc(-c5cccc6ccccc56)n4)cccc32)cc1. The Morgan fingerprint density at radius 3 is 1.77 bits per heavy atom. The third kappa shape index (κ3) is 5.44. The first-order valence-corrected chi connectivity index (χ1v) is 20.2. The number of benzene rings is 9. The van der Waals surface area contributed by atoms with E-state index in [-0.39, 0.29) is 0 Å². The Morgan fingerprint density at radius 1 is 0.333 bits per heavy atom. The van der Waals surface area contributed by atoms with E-state index in [1.165, 1.54) is 0 Å². The fourth-order valence-corrected chi connectivity index (χ4v) is 8.94. The van der Waals surface area contributed by atoms with Crippen molar-refractivity contribution in [1.82, 2.24) is 19.5 Å². The van der Waals surface area contributed by atoms with Crippen molar-refractivity contribution in [3.63, 3.8) is 0 Å². The van der Waals surface area contributed by atoms with E-state index in [9.17, 15) is 0 Å². The predicted octanol–water partition coefficient (Wildman–Crippen LogP) is 14.4. The van der Waals surface area contributed by atoms with Crippen LogP contribution in [0.2, 0.25) is 0 Å². The molecular weight excluding hydrogens is 733 g/mol. The number of rotatable bonds is 6. The Labute approximate surface area is 345 Å². The van der Waals surface area contributed by atoms with Crippen LogP contribution in [-0.2, 0) is 0 Å². The second-order valence-electron chi connectivity index (χ2n) is 15.1. The van der Waals surface area contributed by atoms with Crippen LogP contribution in [0.5, 0.6) is 0 Å². The second kappa shape index (κ2) is 13.8. The molecule has 0 N–H and O–H groups in total. The number of fused-ring (bicyclic) bond motifs is 7. The van der Waals surface area contributed by atoms with Crippen LogP contribution in [0.1, 0.15) is 0 Å². The van der Waals surface area contributed by atoms with Gasteiger partial charge in [0.15, 0.2) is 17.5 Å². The number of furan rings is 1. The standard InChI is InChI=1S/C55H34N4O/c1-2-15-36(16-3-1)40-20-6-9-27-47(40)59-48-28-10-7-22-45(48)51-46(26-14-29-49(51)59)55-57-53(56-54(58-55)44-25-12-18-35-17-4-5-19-39(35)44)38-33-31-37(32-34-38)41-23-13-24-43-42-21-8-11-30-50(42)60-52(41)43/h1-34H. The van der Waals surface area contributed by atoms with E-state index in [4.69, 9.17) is 19.4 Å². The fourth-order valence-electron chi connectivity index (χ4n) is 8.94. The van der Waals surface area contributed by atoms with E-state index in [1.54, 1.807) is 0 Å². The summed E-state index contributed by atoms with van der Waals surface area (Å²) in [6.07, 6.45) is 0. The maximum Gasteiger partial charge on any atom is 0.164 e. The Bertz CT molecular complexity index is 3600. The zero-order valence-corrected chi connectivity index (χ0v) is 32.3. The first kappa shape index (κ1) is 33.9. The summed E-state index contributed by atoms with van der Waals surface area (Å²) in [5.74, 6) is 1.84. The average molecular weight is 767 g/mol. The topological polar surface area (TPSA) is 56.7 Å². The van der Waals surface area contributed by atoms with E-state index in [0.29, 0.717) is 17.5 Å². The molecular formula is C55H34N4O. The predicted molar refractivity (Wildman–Crippen MR) is 246 cm³/mol. The summed E-state index contributed by atoms with van der Waals surface area (Å²) in [7, 11) is 0. The first-order chi connectivity index (χ1) is 29.8. The Morgan fingerprint density at radius 2 is 0.883 bits per heavy atom. The molecule has 0 aliphatic heterocycles. The molecule has 0 fully saturated rings. The van der Waals surface area contributed by atoms with Crippen molar-refractivity contribution >= 4 is 54.5 Å². The molecule has 0 bridgehead atoms. The largest absolute Gasteiger partial charge is 0.455 e. The van der Waals surface area contributed by atoms with Crippen LogP contribution in [-0.4, -0.2) is 19.5 Å². The molecule has 0 amide bonds. The van der Waals surface area contributed by atoms with Gasteiger partial charge in [-0.25, -0.2) is 15.0 Å². The third-order valence-electron chi connectivity index (χ3n) is 11.7. The number of para-hydroxylation sites is 4. The zero-order valence-electron chi connectivity index (χ0n) is 32.3. The quantitative estimate of drug-likeness (QED) is 0.169. The number of nitrogens with zero attached hydrogens (tertiary/aromatic N) is 4. The minimum Gasteiger partial charge on any atom is -0.455 e. The number of aromatic nitrogens is 4. The highest BCUT2D eigenvalue weighted by molar-refractivity contribution is 6.16. The Balaban J connectivity index is 1.07. The van der Waals surface area contributed by atoms with Gasteiger partial charge >= 0.3 is 0 Å². The van der Waals surface area contributed by atoms with Gasteiger partial charge in [-0.05, 0) is 46.2 Å². The average Bonchev–Trinajstić information content (AvgIpc) is 3.88. The zero-order chi connectivity index (χ0) is 39.6. The van der Waals surface area contributed by atoms with Crippen molar-refractivity contribution in [3.05, 3.63) is 206 Å². The van der Waals surface area contributed by atoms with Crippen LogP contribution in [0.4, 0.5) is 0 Å². The van der Waals surface area contributed by atoms with Gasteiger partial charge in [-0.2, -0.15) is 0 Å². The van der Waals surface area contributed by atoms with Crippen molar-refractivity contribution in [1.29, 1.82) is 0 Å². The van der Waals surface area contributed by atoms with Crippen molar-refractivity contribution in [2.24, 2.45) is 0 Å². The molecule has 0 unspecified atom stereocenters. The van der Waals surface area contributed by atoms with Gasteiger partial charge in [0, 0.05) is 49.4 Å². The number of hydrogen-bond donors (Lipinski definition) is 0. The summed E-state index contributed by atoms with van der Waals surface area (Å²) >= 11 is 0. The van der Waals surface area contributed by atoms with Crippen molar-refractivity contribution in [3.8, 4) is 62.1 Å². The van der Waals surface area contributed by atoms with Gasteiger partial charge in [-0.15, -0.1) is 0 Å². The highest BCUT2D eigenvalue weighted by Crippen LogP contribution is 2.41. The molecule has 5 heteroatoms. The smallest absolute Gasteiger partial charge is 0.164 e. The highest BCUT2D eigenvalue weighted by atomic mass is 16.3. The summed E-state index contributed by atoms with van der Waals surface area (Å²) in [5, 5.41) is 6.65. The molecule has 0 aliphatic rings. The maximum absolute atomic E-state index is 6.41. The van der Waals surface area contributed by atoms with Gasteiger partial charge in [0.25, 0.3) is 0 Å². The lowest BCUT2D eigenvalue weighted by Crippen LogP contribution is -2.01. The fraction of sp³-hybridized carbons (Fsp3) is 0. The van der Waals surface area contributed by atoms with Gasteiger partial charge in [-0.3, -0.25) is 0 Å². The molecule has 0 atom stereocenters.